The lowest BCUT2D eigenvalue weighted by Crippen LogP contribution is -2.28. The molecule has 16 heteroatoms. The Hall–Kier alpha value is -2.01. The van der Waals surface area contributed by atoms with E-state index < -0.39 is 12.2 Å². The average molecular weight is 565 g/mol. The highest BCUT2D eigenvalue weighted by atomic mass is 32.2. The van der Waals surface area contributed by atoms with Gasteiger partial charge in [0, 0.05) is 19.7 Å². The quantitative estimate of drug-likeness (QED) is 0.155. The zero-order valence-corrected chi connectivity index (χ0v) is 23.6. The van der Waals surface area contributed by atoms with Crippen LogP contribution in [0.4, 0.5) is 9.59 Å². The van der Waals surface area contributed by atoms with E-state index in [4.69, 9.17) is 0 Å². The van der Waals surface area contributed by atoms with E-state index in [1.54, 1.807) is 26.2 Å². The first-order valence-corrected chi connectivity index (χ1v) is 14.4. The molecule has 1 aromatic heterocycles. The number of hydrogen-bond donors (Lipinski definition) is 0. The Balaban J connectivity index is 0.000000375. The molecule has 2 amide bonds. The van der Waals surface area contributed by atoms with Crippen molar-refractivity contribution in [1.29, 1.82) is 0 Å². The van der Waals surface area contributed by atoms with Crippen LogP contribution in [-0.4, -0.2) is 78.4 Å². The van der Waals surface area contributed by atoms with Gasteiger partial charge in [0.2, 0.25) is 5.12 Å². The summed E-state index contributed by atoms with van der Waals surface area (Å²) in [6.07, 6.45) is 3.97. The summed E-state index contributed by atoms with van der Waals surface area (Å²) in [7, 11) is 2.88. The van der Waals surface area contributed by atoms with Gasteiger partial charge in [-0.1, -0.05) is 32.6 Å². The number of hydrogen-bond acceptors (Lipinski definition) is 14. The van der Waals surface area contributed by atoms with Crippen molar-refractivity contribution in [2.24, 2.45) is 10.3 Å². The molecule has 0 aliphatic heterocycles. The predicted molar refractivity (Wildman–Crippen MR) is 145 cm³/mol. The number of thioether (sulfide) groups is 3. The lowest BCUT2D eigenvalue weighted by molar-refractivity contribution is 0.109. The first-order valence-electron chi connectivity index (χ1n) is 9.18. The van der Waals surface area contributed by atoms with Gasteiger partial charge in [-0.3, -0.25) is 14.5 Å². The number of rotatable bonds is 5. The van der Waals surface area contributed by atoms with Gasteiger partial charge in [0.25, 0.3) is 0 Å². The maximum absolute atomic E-state index is 11.6. The van der Waals surface area contributed by atoms with Crippen LogP contribution in [0.2, 0.25) is 0 Å². The van der Waals surface area contributed by atoms with Crippen LogP contribution in [-0.2, 0) is 9.68 Å². The first-order chi connectivity index (χ1) is 16.1. The Morgan fingerprint density at radius 2 is 1.44 bits per heavy atom. The summed E-state index contributed by atoms with van der Waals surface area (Å²) in [5.74, 6) is 0. The van der Waals surface area contributed by atoms with Gasteiger partial charge in [-0.2, -0.15) is 0 Å². The van der Waals surface area contributed by atoms with Gasteiger partial charge in [-0.25, -0.2) is 18.2 Å². The van der Waals surface area contributed by atoms with Crippen molar-refractivity contribution in [3.63, 3.8) is 0 Å². The predicted octanol–water partition coefficient (Wildman–Crippen LogP) is 5.27. The summed E-state index contributed by atoms with van der Waals surface area (Å²) in [5.41, 5.74) is 1.50. The van der Waals surface area contributed by atoms with Crippen molar-refractivity contribution in [3.8, 4) is 0 Å². The lowest BCUT2D eigenvalue weighted by atomic mass is 10.2. The molecule has 0 bridgehead atoms. The van der Waals surface area contributed by atoms with Gasteiger partial charge < -0.3 is 0 Å². The van der Waals surface area contributed by atoms with Crippen LogP contribution in [0.1, 0.15) is 24.2 Å². The highest BCUT2D eigenvalue weighted by Gasteiger charge is 2.19. The normalized spacial score (nSPS) is 11.4. The molecule has 1 aromatic carbocycles. The highest BCUT2D eigenvalue weighted by molar-refractivity contribution is 8.13. The van der Waals surface area contributed by atoms with Crippen molar-refractivity contribution < 1.29 is 24.1 Å². The van der Waals surface area contributed by atoms with Crippen molar-refractivity contribution in [3.05, 3.63) is 23.8 Å². The molecule has 0 saturated carbocycles. The number of aromatic nitrogens is 2. The molecule has 0 fully saturated rings. The molecule has 0 unspecified atom stereocenters. The number of oxime groups is 2. The Morgan fingerprint density at radius 1 is 0.912 bits per heavy atom. The lowest BCUT2D eigenvalue weighted by Gasteiger charge is -2.19. The van der Waals surface area contributed by atoms with Gasteiger partial charge in [-0.15, -0.1) is 28.6 Å². The third kappa shape index (κ3) is 10.1. The van der Waals surface area contributed by atoms with Gasteiger partial charge in [0.05, 0.1) is 16.8 Å². The standard InChI is InChI=1S/C10H18N4O4S3.C8H6N2OS2/c1-7(19-5)11-17-9(15)13(3)21-14(4)10(16)18-12-8(2)20-6;1-12-8(11)5-3-2-4-6-7(5)13-10-9-6/h1-6H3;2-4H,1H3/b11-7+,12-8+;. The Kier molecular flexibility index (Phi) is 14.0. The maximum atomic E-state index is 11.6. The number of carbonyl (C=O) groups is 3. The maximum Gasteiger partial charge on any atom is 0.447 e. The Morgan fingerprint density at radius 3 is 1.91 bits per heavy atom. The fraction of sp³-hybridized carbons (Fsp3) is 0.389. The molecular weight excluding hydrogens is 541 g/mol. The van der Waals surface area contributed by atoms with E-state index in [-0.39, 0.29) is 5.12 Å². The van der Waals surface area contributed by atoms with Gasteiger partial charge >= 0.3 is 12.2 Å². The molecule has 11 nitrogen and oxygen atoms in total. The summed E-state index contributed by atoms with van der Waals surface area (Å²) in [5, 5.41) is 12.4. The SMILES string of the molecule is CS/C(C)=N/OC(=O)N(C)SN(C)C(=O)O/N=C(\C)SC.CSC(=O)c1cccc2nnsc12. The molecule has 2 rings (SSSR count). The van der Waals surface area contributed by atoms with Crippen LogP contribution >= 0.6 is 59.0 Å². The largest absolute Gasteiger partial charge is 0.447 e. The van der Waals surface area contributed by atoms with Crippen molar-refractivity contribution >= 4 is 96.6 Å². The Labute approximate surface area is 218 Å². The summed E-state index contributed by atoms with van der Waals surface area (Å²) in [6, 6.07) is 5.49. The minimum absolute atomic E-state index is 0.0663. The van der Waals surface area contributed by atoms with Gasteiger partial charge in [0.15, 0.2) is 0 Å². The smallest absolute Gasteiger partial charge is 0.296 e. The minimum Gasteiger partial charge on any atom is -0.296 e. The molecule has 34 heavy (non-hydrogen) atoms. The zero-order valence-electron chi connectivity index (χ0n) is 19.5. The number of amides is 2. The summed E-state index contributed by atoms with van der Waals surface area (Å²) < 4.78 is 6.89. The monoisotopic (exact) mass is 564 g/mol. The fourth-order valence-corrected chi connectivity index (χ4v) is 3.64. The number of carbonyl (C=O) groups excluding carboxylic acids is 3. The third-order valence-corrected chi connectivity index (χ3v) is 7.02. The number of nitrogens with zero attached hydrogens (tertiary/aromatic N) is 6. The van der Waals surface area contributed by atoms with E-state index in [1.807, 2.05) is 24.6 Å². The molecule has 0 atom stereocenters. The van der Waals surface area contributed by atoms with Crippen LogP contribution in [0.25, 0.3) is 10.2 Å². The summed E-state index contributed by atoms with van der Waals surface area (Å²) >= 11 is 5.98. The third-order valence-electron chi connectivity index (χ3n) is 3.53. The molecule has 1 heterocycles. The molecule has 0 radical (unpaired) electrons. The molecule has 0 aliphatic carbocycles. The molecule has 186 valence electrons. The molecular formula is C18H24N6O5S5. The second-order valence-corrected chi connectivity index (χ2v) is 10.6. The average Bonchev–Trinajstić information content (AvgIpc) is 3.34. The minimum atomic E-state index is -0.711. The molecule has 0 saturated heterocycles. The number of benzene rings is 1. The van der Waals surface area contributed by atoms with Crippen molar-refractivity contribution in [2.75, 3.05) is 32.9 Å². The van der Waals surface area contributed by atoms with E-state index in [1.165, 1.54) is 60.9 Å². The van der Waals surface area contributed by atoms with E-state index in [0.717, 1.165) is 31.0 Å². The topological polar surface area (TPSA) is 127 Å². The first kappa shape index (κ1) is 30.0. The van der Waals surface area contributed by atoms with E-state index >= 15 is 0 Å². The van der Waals surface area contributed by atoms with Crippen molar-refractivity contribution in [1.82, 2.24) is 18.2 Å². The highest BCUT2D eigenvalue weighted by Crippen LogP contribution is 2.23. The fourth-order valence-electron chi connectivity index (χ4n) is 1.72. The molecule has 2 aromatic rings. The van der Waals surface area contributed by atoms with Gasteiger partial charge in [-0.05, 0) is 56.3 Å². The number of fused-ring (bicyclic) bond motifs is 1. The van der Waals surface area contributed by atoms with Crippen LogP contribution in [0.5, 0.6) is 0 Å². The molecule has 0 N–H and O–H groups in total. The Bertz CT molecular complexity index is 1010. The molecule has 0 aliphatic rings. The zero-order chi connectivity index (χ0) is 25.7. The van der Waals surface area contributed by atoms with Gasteiger partial charge in [0.1, 0.15) is 15.6 Å². The van der Waals surface area contributed by atoms with Crippen LogP contribution in [0, 0.1) is 0 Å². The second-order valence-electron chi connectivity index (χ2n) is 5.84. The summed E-state index contributed by atoms with van der Waals surface area (Å²) in [6.45, 7) is 3.42. The van der Waals surface area contributed by atoms with Crippen molar-refractivity contribution in [2.45, 2.75) is 13.8 Å². The van der Waals surface area contributed by atoms with Crippen LogP contribution < -0.4 is 0 Å². The van der Waals surface area contributed by atoms with E-state index in [0.29, 0.717) is 15.7 Å². The second kappa shape index (κ2) is 15.8. The van der Waals surface area contributed by atoms with Crippen LogP contribution in [0.3, 0.4) is 0 Å². The molecule has 0 spiro atoms. The summed E-state index contributed by atoms with van der Waals surface area (Å²) in [4.78, 5) is 44.0. The van der Waals surface area contributed by atoms with E-state index in [9.17, 15) is 14.4 Å². The van der Waals surface area contributed by atoms with Crippen LogP contribution in [0.15, 0.2) is 28.5 Å². The van der Waals surface area contributed by atoms with E-state index in [2.05, 4.69) is 29.6 Å².